The van der Waals surface area contributed by atoms with E-state index in [1.165, 1.54) is 0 Å². The monoisotopic (exact) mass is 516 g/mol. The molecule has 0 aliphatic heterocycles. The number of nitrogens with zero attached hydrogens (tertiary/aromatic N) is 4. The van der Waals surface area contributed by atoms with E-state index in [0.717, 1.165) is 22.9 Å². The molecule has 4 aromatic rings. The third kappa shape index (κ3) is 7.34. The number of hydrogen-bond acceptors (Lipinski definition) is 8. The van der Waals surface area contributed by atoms with Crippen molar-refractivity contribution in [2.24, 2.45) is 0 Å². The van der Waals surface area contributed by atoms with Crippen molar-refractivity contribution < 1.29 is 32.5 Å². The Bertz CT molecular complexity index is 1350. The van der Waals surface area contributed by atoms with Gasteiger partial charge < -0.3 is 25.2 Å². The van der Waals surface area contributed by atoms with Crippen molar-refractivity contribution in [3.05, 3.63) is 72.6 Å². The number of ether oxygens (including phenoxy) is 2. The second-order valence-electron chi connectivity index (χ2n) is 7.31. The van der Waals surface area contributed by atoms with Crippen molar-refractivity contribution in [1.29, 1.82) is 0 Å². The first-order chi connectivity index (χ1) is 17.6. The van der Waals surface area contributed by atoms with Crippen LogP contribution < -0.4 is 20.1 Å². The molecule has 0 radical (unpaired) electrons. The predicted octanol–water partition coefficient (Wildman–Crippen LogP) is 5.11. The molecule has 13 heteroatoms. The Hall–Kier alpha value is -4.81. The molecule has 10 nitrogen and oxygen atoms in total. The second-order valence-corrected chi connectivity index (χ2v) is 7.31. The maximum atomic E-state index is 10.6. The van der Waals surface area contributed by atoms with Crippen LogP contribution in [0.3, 0.4) is 0 Å². The average molecular weight is 516 g/mol. The van der Waals surface area contributed by atoms with Gasteiger partial charge in [-0.25, -0.2) is 14.5 Å². The largest absolute Gasteiger partial charge is 0.493 e. The number of anilines is 4. The third-order valence-electron chi connectivity index (χ3n) is 4.63. The highest BCUT2D eigenvalue weighted by Crippen LogP contribution is 2.31. The van der Waals surface area contributed by atoms with Crippen molar-refractivity contribution >= 4 is 29.2 Å². The Balaban J connectivity index is 0.000000479. The number of methoxy groups -OCH3 is 2. The lowest BCUT2D eigenvalue weighted by molar-refractivity contribution is -0.192. The molecule has 0 aliphatic rings. The van der Waals surface area contributed by atoms with Gasteiger partial charge in [0.05, 0.1) is 25.6 Å². The number of carboxylic acid groups (broad SMARTS) is 1. The zero-order valence-electron chi connectivity index (χ0n) is 19.9. The Labute approximate surface area is 209 Å². The number of carbonyl (C=O) groups is 1. The van der Waals surface area contributed by atoms with Crippen LogP contribution in [0.15, 0.2) is 66.9 Å². The van der Waals surface area contributed by atoms with Crippen LogP contribution in [0.1, 0.15) is 5.69 Å². The molecule has 0 atom stereocenters. The van der Waals surface area contributed by atoms with Crippen LogP contribution in [0, 0.1) is 6.92 Å². The summed E-state index contributed by atoms with van der Waals surface area (Å²) in [5.74, 6) is 0.435. The third-order valence-corrected chi connectivity index (χ3v) is 4.63. The van der Waals surface area contributed by atoms with E-state index >= 15 is 0 Å². The maximum absolute atomic E-state index is 10.6. The number of nitrogens with one attached hydrogen (secondary N) is 2. The van der Waals surface area contributed by atoms with Gasteiger partial charge in [0.1, 0.15) is 11.6 Å². The molecule has 4 rings (SSSR count). The van der Waals surface area contributed by atoms with Gasteiger partial charge in [-0.05, 0) is 37.3 Å². The van der Waals surface area contributed by atoms with Crippen molar-refractivity contribution in [3.63, 3.8) is 0 Å². The van der Waals surface area contributed by atoms with Gasteiger partial charge in [-0.3, -0.25) is 0 Å². The molecule has 0 fully saturated rings. The second kappa shape index (κ2) is 11.7. The summed E-state index contributed by atoms with van der Waals surface area (Å²) < 4.78 is 44.2. The number of halogens is 3. The quantitative estimate of drug-likeness (QED) is 0.307. The van der Waals surface area contributed by atoms with Gasteiger partial charge >= 0.3 is 12.1 Å². The molecule has 0 amide bonds. The Kier molecular flexibility index (Phi) is 8.51. The number of alkyl halides is 3. The fraction of sp³-hybridized carbons (Fsp3) is 0.167. The number of rotatable bonds is 7. The van der Waals surface area contributed by atoms with Crippen LogP contribution in [-0.2, 0) is 4.79 Å². The van der Waals surface area contributed by atoms with Gasteiger partial charge in [-0.15, -0.1) is 0 Å². The number of aliphatic carboxylic acids is 1. The molecule has 2 aromatic carbocycles. The number of para-hydroxylation sites is 1. The minimum atomic E-state index is -5.08. The molecule has 0 aliphatic carbocycles. The van der Waals surface area contributed by atoms with Crippen LogP contribution in [0.2, 0.25) is 0 Å². The van der Waals surface area contributed by atoms with E-state index in [-0.39, 0.29) is 0 Å². The summed E-state index contributed by atoms with van der Waals surface area (Å²) in [5.41, 5.74) is 2.65. The van der Waals surface area contributed by atoms with Gasteiger partial charge in [-0.2, -0.15) is 23.3 Å². The summed E-state index contributed by atoms with van der Waals surface area (Å²) in [7, 11) is 3.20. The van der Waals surface area contributed by atoms with Crippen LogP contribution in [-0.4, -0.2) is 51.2 Å². The highest BCUT2D eigenvalue weighted by Gasteiger charge is 2.38. The van der Waals surface area contributed by atoms with E-state index in [1.807, 2.05) is 66.2 Å². The summed E-state index contributed by atoms with van der Waals surface area (Å²) in [6.07, 6.45) is -3.39. The van der Waals surface area contributed by atoms with E-state index in [9.17, 15) is 13.2 Å². The molecule has 0 spiro atoms. The lowest BCUT2D eigenvalue weighted by Gasteiger charge is -2.12. The van der Waals surface area contributed by atoms with Gasteiger partial charge in [0.25, 0.3) is 0 Å². The Morgan fingerprint density at radius 1 is 0.973 bits per heavy atom. The van der Waals surface area contributed by atoms with Gasteiger partial charge in [0.2, 0.25) is 5.95 Å². The predicted molar refractivity (Wildman–Crippen MR) is 130 cm³/mol. The molecule has 0 saturated heterocycles. The van der Waals surface area contributed by atoms with Crippen LogP contribution in [0.25, 0.3) is 5.69 Å². The summed E-state index contributed by atoms with van der Waals surface area (Å²) >= 11 is 0. The minimum absolute atomic E-state index is 0.453. The molecule has 2 heterocycles. The molecule has 0 bridgehead atoms. The summed E-state index contributed by atoms with van der Waals surface area (Å²) in [4.78, 5) is 17.8. The van der Waals surface area contributed by atoms with E-state index < -0.39 is 12.1 Å². The number of aryl methyl sites for hydroxylation is 1. The van der Waals surface area contributed by atoms with Crippen LogP contribution in [0.4, 0.5) is 36.4 Å². The molecular weight excluding hydrogens is 493 g/mol. The first-order valence-corrected chi connectivity index (χ1v) is 10.6. The van der Waals surface area contributed by atoms with Gasteiger partial charge in [0.15, 0.2) is 11.5 Å². The van der Waals surface area contributed by atoms with Crippen molar-refractivity contribution in [3.8, 4) is 17.2 Å². The Morgan fingerprint density at radius 2 is 1.65 bits per heavy atom. The summed E-state index contributed by atoms with van der Waals surface area (Å²) in [5, 5.41) is 18.2. The zero-order valence-corrected chi connectivity index (χ0v) is 19.9. The van der Waals surface area contributed by atoms with Crippen molar-refractivity contribution in [1.82, 2.24) is 19.7 Å². The molecule has 3 N–H and O–H groups in total. The standard InChI is InChI=1S/C22H22N6O2.C2HF3O2/c1-15-13-21(28(27-15)17-7-5-4-6-8-17)25-20-11-12-23-22(26-20)24-16-9-10-18(29-2)19(14-16)30-3;3-2(4,5)1(6)7/h4-14H,1-3H3,(H2,23,24,25,26);(H,6,7). The normalized spacial score (nSPS) is 10.6. The lowest BCUT2D eigenvalue weighted by atomic mass is 10.3. The van der Waals surface area contributed by atoms with Crippen molar-refractivity contribution in [2.75, 3.05) is 24.9 Å². The first kappa shape index (κ1) is 26.8. The topological polar surface area (TPSA) is 123 Å². The minimum Gasteiger partial charge on any atom is -0.493 e. The zero-order chi connectivity index (χ0) is 27.0. The molecule has 37 heavy (non-hydrogen) atoms. The summed E-state index contributed by atoms with van der Waals surface area (Å²) in [6, 6.07) is 19.2. The van der Waals surface area contributed by atoms with Crippen molar-refractivity contribution in [2.45, 2.75) is 13.1 Å². The summed E-state index contributed by atoms with van der Waals surface area (Å²) in [6.45, 7) is 1.95. The Morgan fingerprint density at radius 3 is 2.27 bits per heavy atom. The van der Waals surface area contributed by atoms with Gasteiger partial charge in [-0.1, -0.05) is 18.2 Å². The maximum Gasteiger partial charge on any atom is 0.490 e. The van der Waals surface area contributed by atoms with Crippen LogP contribution >= 0.6 is 0 Å². The number of aromatic nitrogens is 4. The average Bonchev–Trinajstić information content (AvgIpc) is 3.24. The smallest absolute Gasteiger partial charge is 0.490 e. The fourth-order valence-corrected chi connectivity index (χ4v) is 3.02. The van der Waals surface area contributed by atoms with E-state index in [4.69, 9.17) is 19.4 Å². The first-order valence-electron chi connectivity index (χ1n) is 10.6. The van der Waals surface area contributed by atoms with Crippen LogP contribution in [0.5, 0.6) is 11.5 Å². The lowest BCUT2D eigenvalue weighted by Crippen LogP contribution is -2.21. The number of benzene rings is 2. The van der Waals surface area contributed by atoms with Gasteiger partial charge in [0, 0.05) is 24.0 Å². The molecule has 0 unspecified atom stereocenters. The number of carboxylic acids is 1. The SMILES string of the molecule is COc1ccc(Nc2nccc(Nc3cc(C)nn3-c3ccccc3)n2)cc1OC.O=C(O)C(F)(F)F. The fourth-order valence-electron chi connectivity index (χ4n) is 3.02. The molecule has 194 valence electrons. The van der Waals surface area contributed by atoms with E-state index in [2.05, 4.69) is 25.7 Å². The van der Waals surface area contributed by atoms with E-state index in [1.54, 1.807) is 26.5 Å². The molecular formula is C24H23F3N6O4. The highest BCUT2D eigenvalue weighted by atomic mass is 19.4. The van der Waals surface area contributed by atoms with E-state index in [0.29, 0.717) is 23.3 Å². The number of hydrogen-bond donors (Lipinski definition) is 3. The highest BCUT2D eigenvalue weighted by molar-refractivity contribution is 5.73. The molecule has 0 saturated carbocycles. The molecule has 2 aromatic heterocycles.